The molecule has 2 fully saturated rings. The third-order valence-electron chi connectivity index (χ3n) is 7.29. The normalized spacial score (nSPS) is 33.0. The molecule has 234 valence electrons. The van der Waals surface area contributed by atoms with Crippen LogP contribution in [0.25, 0.3) is 22.3 Å². The van der Waals surface area contributed by atoms with Crippen LogP contribution < -0.4 is 10.2 Å². The number of hydrogen-bond donors (Lipinski definition) is 10. The van der Waals surface area contributed by atoms with Gasteiger partial charge in [0.2, 0.25) is 17.5 Å². The lowest BCUT2D eigenvalue weighted by molar-refractivity contribution is -0.318. The van der Waals surface area contributed by atoms with E-state index in [-0.39, 0.29) is 11.1 Å². The molecule has 0 amide bonds. The monoisotopic (exact) mass is 610 g/mol. The van der Waals surface area contributed by atoms with E-state index in [9.17, 15) is 55.9 Å². The molecule has 3 aromatic rings. The lowest BCUT2D eigenvalue weighted by Gasteiger charge is -2.42. The number of aliphatic hydroxyl groups is 6. The Kier molecular flexibility index (Phi) is 8.41. The molecule has 2 saturated heterocycles. The summed E-state index contributed by atoms with van der Waals surface area (Å²) in [6.07, 6.45) is -16.2. The molecule has 43 heavy (non-hydrogen) atoms. The standard InChI is InChI=1S/C27H30O16/c1-8-17(32)20(35)22(37)26(40-8)39-7-15-18(33)21(36)23(38)27(42-15)43-25-19(34)16-13(31)5-10(28)6-14(16)41-24(25)9-2-3-11(29)12(30)4-9/h2-6,8,15,17-18,20-23,26-33,35-38H,7H2,1H3/t8?,15-,17+,18?,20?,21?,22?,23?,26?,27+/m1/s1. The van der Waals surface area contributed by atoms with E-state index < -0.39 is 113 Å². The summed E-state index contributed by atoms with van der Waals surface area (Å²) in [6, 6.07) is 5.24. The maximum Gasteiger partial charge on any atom is 0.239 e. The van der Waals surface area contributed by atoms with Crippen molar-refractivity contribution in [1.29, 1.82) is 0 Å². The van der Waals surface area contributed by atoms with Crippen LogP contribution in [0.15, 0.2) is 39.5 Å². The van der Waals surface area contributed by atoms with Crippen LogP contribution in [-0.4, -0.2) is 119 Å². The van der Waals surface area contributed by atoms with Crippen LogP contribution in [0.4, 0.5) is 0 Å². The van der Waals surface area contributed by atoms with Gasteiger partial charge in [0.25, 0.3) is 0 Å². The van der Waals surface area contributed by atoms with Crippen molar-refractivity contribution in [3.05, 3.63) is 40.6 Å². The fourth-order valence-electron chi connectivity index (χ4n) is 4.84. The van der Waals surface area contributed by atoms with Crippen LogP contribution in [0.2, 0.25) is 0 Å². The molecule has 0 saturated carbocycles. The van der Waals surface area contributed by atoms with Crippen LogP contribution in [-0.2, 0) is 14.2 Å². The van der Waals surface area contributed by atoms with Crippen molar-refractivity contribution in [2.45, 2.75) is 68.3 Å². The molecule has 1 aromatic heterocycles. The summed E-state index contributed by atoms with van der Waals surface area (Å²) in [7, 11) is 0. The highest BCUT2D eigenvalue weighted by molar-refractivity contribution is 5.88. The molecular weight excluding hydrogens is 580 g/mol. The number of aliphatic hydroxyl groups excluding tert-OH is 6. The Bertz CT molecular complexity index is 1540. The van der Waals surface area contributed by atoms with Gasteiger partial charge in [0.1, 0.15) is 65.2 Å². The first kappa shape index (κ1) is 30.7. The first-order chi connectivity index (χ1) is 20.3. The molecule has 5 rings (SSSR count). The number of phenolic OH excluding ortho intramolecular Hbond substituents is 4. The highest BCUT2D eigenvalue weighted by Crippen LogP contribution is 2.39. The van der Waals surface area contributed by atoms with Gasteiger partial charge in [-0.3, -0.25) is 4.79 Å². The molecule has 10 atom stereocenters. The van der Waals surface area contributed by atoms with Gasteiger partial charge < -0.3 is 74.4 Å². The second kappa shape index (κ2) is 11.8. The first-order valence-electron chi connectivity index (χ1n) is 13.0. The van der Waals surface area contributed by atoms with Gasteiger partial charge in [-0.15, -0.1) is 0 Å². The van der Waals surface area contributed by atoms with Crippen molar-refractivity contribution in [1.82, 2.24) is 0 Å². The summed E-state index contributed by atoms with van der Waals surface area (Å²) in [5, 5.41) is 101. The van der Waals surface area contributed by atoms with Crippen molar-refractivity contribution in [3.63, 3.8) is 0 Å². The van der Waals surface area contributed by atoms with E-state index in [0.29, 0.717) is 0 Å². The zero-order valence-electron chi connectivity index (χ0n) is 22.3. The van der Waals surface area contributed by atoms with Crippen LogP contribution in [0.5, 0.6) is 28.7 Å². The molecule has 10 N–H and O–H groups in total. The van der Waals surface area contributed by atoms with E-state index in [1.165, 1.54) is 13.0 Å². The summed E-state index contributed by atoms with van der Waals surface area (Å²) in [5.74, 6) is -3.33. The Labute approximate surface area is 241 Å². The molecule has 16 nitrogen and oxygen atoms in total. The highest BCUT2D eigenvalue weighted by Gasteiger charge is 2.47. The largest absolute Gasteiger partial charge is 0.508 e. The lowest BCUT2D eigenvalue weighted by atomic mass is 9.98. The molecule has 3 heterocycles. The highest BCUT2D eigenvalue weighted by atomic mass is 16.7. The van der Waals surface area contributed by atoms with E-state index in [0.717, 1.165) is 24.3 Å². The van der Waals surface area contributed by atoms with Gasteiger partial charge in [0.05, 0.1) is 12.7 Å². The topological polar surface area (TPSA) is 269 Å². The second-order valence-corrected chi connectivity index (χ2v) is 10.3. The number of aromatic hydroxyl groups is 4. The fourth-order valence-corrected chi connectivity index (χ4v) is 4.84. The van der Waals surface area contributed by atoms with Crippen molar-refractivity contribution >= 4 is 11.0 Å². The predicted molar refractivity (Wildman–Crippen MR) is 140 cm³/mol. The molecule has 0 radical (unpaired) electrons. The van der Waals surface area contributed by atoms with Gasteiger partial charge in [-0.05, 0) is 25.1 Å². The molecule has 2 aromatic carbocycles. The average molecular weight is 611 g/mol. The third kappa shape index (κ3) is 5.67. The van der Waals surface area contributed by atoms with Gasteiger partial charge >= 0.3 is 0 Å². The van der Waals surface area contributed by atoms with E-state index in [1.54, 1.807) is 0 Å². The smallest absolute Gasteiger partial charge is 0.239 e. The van der Waals surface area contributed by atoms with E-state index in [1.807, 2.05) is 0 Å². The van der Waals surface area contributed by atoms with Gasteiger partial charge in [-0.25, -0.2) is 0 Å². The Morgan fingerprint density at radius 2 is 1.42 bits per heavy atom. The summed E-state index contributed by atoms with van der Waals surface area (Å²) in [6.45, 7) is 0.818. The lowest BCUT2D eigenvalue weighted by Crippen LogP contribution is -2.61. The van der Waals surface area contributed by atoms with Crippen molar-refractivity contribution in [2.24, 2.45) is 0 Å². The summed E-state index contributed by atoms with van der Waals surface area (Å²) < 4.78 is 27.8. The Morgan fingerprint density at radius 3 is 2.12 bits per heavy atom. The maximum atomic E-state index is 13.6. The molecule has 16 heteroatoms. The summed E-state index contributed by atoms with van der Waals surface area (Å²) in [5.41, 5.74) is -1.35. The number of rotatable bonds is 6. The van der Waals surface area contributed by atoms with Crippen LogP contribution in [0.3, 0.4) is 0 Å². The average Bonchev–Trinajstić information content (AvgIpc) is 2.96. The Morgan fingerprint density at radius 1 is 0.744 bits per heavy atom. The van der Waals surface area contributed by atoms with Gasteiger partial charge in [-0.2, -0.15) is 0 Å². The molecule has 0 spiro atoms. The third-order valence-corrected chi connectivity index (χ3v) is 7.29. The molecule has 2 aliphatic heterocycles. The predicted octanol–water partition coefficient (Wildman–Crippen LogP) is -1.69. The van der Waals surface area contributed by atoms with Crippen LogP contribution >= 0.6 is 0 Å². The zero-order valence-corrected chi connectivity index (χ0v) is 22.3. The maximum absolute atomic E-state index is 13.6. The number of phenols is 4. The van der Waals surface area contributed by atoms with Crippen molar-refractivity contribution in [2.75, 3.05) is 6.61 Å². The number of ether oxygens (including phenoxy) is 4. The number of fused-ring (bicyclic) bond motifs is 1. The molecule has 2 aliphatic rings. The van der Waals surface area contributed by atoms with Gasteiger partial charge in [0, 0.05) is 17.7 Å². The Hall–Kier alpha value is -3.71. The van der Waals surface area contributed by atoms with Gasteiger partial charge in [-0.1, -0.05) is 0 Å². The fraction of sp³-hybridized carbons (Fsp3) is 0.444. The summed E-state index contributed by atoms with van der Waals surface area (Å²) in [4.78, 5) is 13.6. The first-order valence-corrected chi connectivity index (χ1v) is 13.0. The minimum Gasteiger partial charge on any atom is -0.508 e. The molecule has 7 unspecified atom stereocenters. The molecule has 0 bridgehead atoms. The van der Waals surface area contributed by atoms with E-state index >= 15 is 0 Å². The van der Waals surface area contributed by atoms with E-state index in [4.69, 9.17) is 23.4 Å². The van der Waals surface area contributed by atoms with Crippen molar-refractivity contribution < 1.29 is 74.4 Å². The number of benzene rings is 2. The van der Waals surface area contributed by atoms with E-state index in [2.05, 4.69) is 0 Å². The van der Waals surface area contributed by atoms with Crippen molar-refractivity contribution in [3.8, 4) is 40.1 Å². The number of hydrogen-bond acceptors (Lipinski definition) is 16. The zero-order chi connectivity index (χ0) is 31.3. The van der Waals surface area contributed by atoms with Crippen LogP contribution in [0.1, 0.15) is 6.92 Å². The van der Waals surface area contributed by atoms with Gasteiger partial charge in [0.15, 0.2) is 23.5 Å². The minimum absolute atomic E-state index is 0.0313. The van der Waals surface area contributed by atoms with Crippen LogP contribution in [0, 0.1) is 0 Å². The Balaban J connectivity index is 1.48. The second-order valence-electron chi connectivity index (χ2n) is 10.3. The summed E-state index contributed by atoms with van der Waals surface area (Å²) >= 11 is 0. The SMILES string of the molecule is CC1OC(OC[C@H]2O[C@@H](Oc3c(-c4ccc(O)c(O)c4)oc4cc(O)cc(O)c4c3=O)C(O)C(O)C2O)C(O)C(O)[C@H]1O. The minimum atomic E-state index is -1.97. The molecular formula is C27H30O16. The quantitative estimate of drug-likeness (QED) is 0.140. The molecule has 0 aliphatic carbocycles.